The maximum Gasteiger partial charge on any atom is 0.257 e. The molecule has 126 valence electrons. The first-order chi connectivity index (χ1) is 11.6. The van der Waals surface area contributed by atoms with Crippen molar-refractivity contribution in [2.24, 2.45) is 0 Å². The van der Waals surface area contributed by atoms with Crippen molar-refractivity contribution in [3.8, 4) is 5.75 Å². The average Bonchev–Trinajstić information content (AvgIpc) is 2.59. The first-order valence-corrected chi connectivity index (χ1v) is 8.52. The molecule has 0 spiro atoms. The highest BCUT2D eigenvalue weighted by Crippen LogP contribution is 2.25. The molecule has 2 aromatic rings. The molecule has 24 heavy (non-hydrogen) atoms. The van der Waals surface area contributed by atoms with Crippen molar-refractivity contribution in [2.75, 3.05) is 5.32 Å². The SMILES string of the molecule is O=C(Nc1ccc(OC2CCCCC2O)cc1)c1ccccc1Cl. The van der Waals surface area contributed by atoms with Gasteiger partial charge in [-0.3, -0.25) is 4.79 Å². The predicted molar refractivity (Wildman–Crippen MR) is 94.7 cm³/mol. The van der Waals surface area contributed by atoms with Crippen LogP contribution in [0.15, 0.2) is 48.5 Å². The van der Waals surface area contributed by atoms with Crippen LogP contribution in [0.4, 0.5) is 5.69 Å². The Morgan fingerprint density at radius 2 is 1.79 bits per heavy atom. The molecule has 2 unspecified atom stereocenters. The van der Waals surface area contributed by atoms with Gasteiger partial charge in [0.2, 0.25) is 0 Å². The zero-order valence-corrected chi connectivity index (χ0v) is 14.0. The molecule has 1 amide bonds. The molecule has 0 aliphatic heterocycles. The van der Waals surface area contributed by atoms with Crippen LogP contribution in [-0.4, -0.2) is 23.2 Å². The molecule has 5 heteroatoms. The van der Waals surface area contributed by atoms with Crippen LogP contribution in [0.2, 0.25) is 5.02 Å². The molecule has 0 heterocycles. The largest absolute Gasteiger partial charge is 0.488 e. The zero-order chi connectivity index (χ0) is 16.9. The quantitative estimate of drug-likeness (QED) is 0.869. The number of aliphatic hydroxyl groups excluding tert-OH is 1. The molecule has 3 rings (SSSR count). The van der Waals surface area contributed by atoms with Crippen molar-refractivity contribution in [3.63, 3.8) is 0 Å². The molecule has 0 bridgehead atoms. The van der Waals surface area contributed by atoms with E-state index in [1.807, 2.05) is 0 Å². The smallest absolute Gasteiger partial charge is 0.257 e. The van der Waals surface area contributed by atoms with Crippen LogP contribution in [0.25, 0.3) is 0 Å². The normalized spacial score (nSPS) is 20.4. The van der Waals surface area contributed by atoms with Crippen molar-refractivity contribution in [1.29, 1.82) is 0 Å². The first-order valence-electron chi connectivity index (χ1n) is 8.14. The van der Waals surface area contributed by atoms with Gasteiger partial charge in [0.25, 0.3) is 5.91 Å². The molecular formula is C19H20ClNO3. The number of aliphatic hydroxyl groups is 1. The summed E-state index contributed by atoms with van der Waals surface area (Å²) in [7, 11) is 0. The second-order valence-corrected chi connectivity index (χ2v) is 6.37. The number of ether oxygens (including phenoxy) is 1. The molecule has 0 radical (unpaired) electrons. The van der Waals surface area contributed by atoms with Crippen LogP contribution in [-0.2, 0) is 0 Å². The summed E-state index contributed by atoms with van der Waals surface area (Å²) in [6, 6.07) is 14.1. The topological polar surface area (TPSA) is 58.6 Å². The fourth-order valence-corrected chi connectivity index (χ4v) is 3.07. The molecule has 1 aliphatic rings. The number of rotatable bonds is 4. The Hall–Kier alpha value is -2.04. The lowest BCUT2D eigenvalue weighted by Gasteiger charge is -2.28. The van der Waals surface area contributed by atoms with E-state index in [-0.39, 0.29) is 12.0 Å². The Balaban J connectivity index is 1.62. The molecule has 1 aliphatic carbocycles. The Bertz CT molecular complexity index is 702. The van der Waals surface area contributed by atoms with Gasteiger partial charge in [-0.1, -0.05) is 30.2 Å². The third kappa shape index (κ3) is 4.08. The number of carbonyl (C=O) groups excluding carboxylic acids is 1. The summed E-state index contributed by atoms with van der Waals surface area (Å²) >= 11 is 6.03. The Morgan fingerprint density at radius 1 is 1.08 bits per heavy atom. The lowest BCUT2D eigenvalue weighted by molar-refractivity contribution is 0.00688. The Kier molecular flexibility index (Phi) is 5.38. The summed E-state index contributed by atoms with van der Waals surface area (Å²) in [4.78, 5) is 12.2. The average molecular weight is 346 g/mol. The second kappa shape index (κ2) is 7.69. The van der Waals surface area contributed by atoms with E-state index in [4.69, 9.17) is 16.3 Å². The molecule has 0 aromatic heterocycles. The maximum atomic E-state index is 12.2. The summed E-state index contributed by atoms with van der Waals surface area (Å²) in [5.74, 6) is 0.439. The lowest BCUT2D eigenvalue weighted by atomic mass is 9.95. The van der Waals surface area contributed by atoms with Gasteiger partial charge in [0, 0.05) is 5.69 Å². The van der Waals surface area contributed by atoms with Gasteiger partial charge in [-0.15, -0.1) is 0 Å². The van der Waals surface area contributed by atoms with Crippen LogP contribution in [0.3, 0.4) is 0 Å². The van der Waals surface area contributed by atoms with E-state index in [9.17, 15) is 9.90 Å². The standard InChI is InChI=1S/C19H20ClNO3/c20-16-6-2-1-5-15(16)19(23)21-13-9-11-14(12-10-13)24-18-8-4-3-7-17(18)22/h1-2,5-6,9-12,17-18,22H,3-4,7-8H2,(H,21,23). The minimum absolute atomic E-state index is 0.151. The van der Waals surface area contributed by atoms with Gasteiger partial charge in [0.05, 0.1) is 16.7 Å². The summed E-state index contributed by atoms with van der Waals surface area (Å²) < 4.78 is 5.85. The number of hydrogen-bond acceptors (Lipinski definition) is 3. The summed E-state index contributed by atoms with van der Waals surface area (Å²) in [5, 5.41) is 13.2. The number of anilines is 1. The molecule has 4 nitrogen and oxygen atoms in total. The minimum Gasteiger partial charge on any atom is -0.488 e. The van der Waals surface area contributed by atoms with E-state index in [2.05, 4.69) is 5.32 Å². The van der Waals surface area contributed by atoms with E-state index < -0.39 is 6.10 Å². The minimum atomic E-state index is -0.404. The summed E-state index contributed by atoms with van der Waals surface area (Å²) in [6.07, 6.45) is 3.23. The third-order valence-corrected chi connectivity index (χ3v) is 4.52. The molecule has 2 atom stereocenters. The van der Waals surface area contributed by atoms with Gasteiger partial charge in [-0.2, -0.15) is 0 Å². The molecule has 0 saturated heterocycles. The number of hydrogen-bond donors (Lipinski definition) is 2. The molecule has 2 N–H and O–H groups in total. The Labute approximate surface area is 146 Å². The maximum absolute atomic E-state index is 12.2. The van der Waals surface area contributed by atoms with E-state index in [0.717, 1.165) is 25.7 Å². The van der Waals surface area contributed by atoms with Crippen LogP contribution >= 0.6 is 11.6 Å². The molecule has 2 aromatic carbocycles. The number of nitrogens with one attached hydrogen (secondary N) is 1. The monoisotopic (exact) mass is 345 g/mol. The van der Waals surface area contributed by atoms with Crippen molar-refractivity contribution in [2.45, 2.75) is 37.9 Å². The van der Waals surface area contributed by atoms with Crippen LogP contribution in [0.1, 0.15) is 36.0 Å². The van der Waals surface area contributed by atoms with E-state index in [1.165, 1.54) is 0 Å². The van der Waals surface area contributed by atoms with Gasteiger partial charge in [0.1, 0.15) is 11.9 Å². The molecular weight excluding hydrogens is 326 g/mol. The van der Waals surface area contributed by atoms with E-state index in [0.29, 0.717) is 22.0 Å². The van der Waals surface area contributed by atoms with Crippen LogP contribution in [0, 0.1) is 0 Å². The van der Waals surface area contributed by atoms with Crippen molar-refractivity contribution in [1.82, 2.24) is 0 Å². The highest BCUT2D eigenvalue weighted by Gasteiger charge is 2.24. The van der Waals surface area contributed by atoms with Crippen LogP contribution in [0.5, 0.6) is 5.75 Å². The number of amides is 1. The van der Waals surface area contributed by atoms with Crippen molar-refractivity contribution >= 4 is 23.2 Å². The van der Waals surface area contributed by atoms with E-state index in [1.54, 1.807) is 48.5 Å². The summed E-state index contributed by atoms with van der Waals surface area (Å²) in [5.41, 5.74) is 1.10. The molecule has 1 saturated carbocycles. The van der Waals surface area contributed by atoms with Crippen molar-refractivity contribution < 1.29 is 14.6 Å². The number of carbonyl (C=O) groups is 1. The van der Waals surface area contributed by atoms with Gasteiger partial charge in [-0.25, -0.2) is 0 Å². The first kappa shape index (κ1) is 16.8. The number of benzene rings is 2. The van der Waals surface area contributed by atoms with Gasteiger partial charge in [-0.05, 0) is 55.7 Å². The van der Waals surface area contributed by atoms with Gasteiger partial charge < -0.3 is 15.2 Å². The highest BCUT2D eigenvalue weighted by molar-refractivity contribution is 6.34. The number of halogens is 1. The lowest BCUT2D eigenvalue weighted by Crippen LogP contribution is -2.34. The van der Waals surface area contributed by atoms with Gasteiger partial charge in [0.15, 0.2) is 0 Å². The fraction of sp³-hybridized carbons (Fsp3) is 0.316. The fourth-order valence-electron chi connectivity index (χ4n) is 2.85. The van der Waals surface area contributed by atoms with Crippen LogP contribution < -0.4 is 10.1 Å². The highest BCUT2D eigenvalue weighted by atomic mass is 35.5. The predicted octanol–water partition coefficient (Wildman–Crippen LogP) is 4.27. The van der Waals surface area contributed by atoms with Crippen molar-refractivity contribution in [3.05, 3.63) is 59.1 Å². The van der Waals surface area contributed by atoms with E-state index >= 15 is 0 Å². The Morgan fingerprint density at radius 3 is 2.50 bits per heavy atom. The third-order valence-electron chi connectivity index (χ3n) is 4.19. The summed E-state index contributed by atoms with van der Waals surface area (Å²) in [6.45, 7) is 0. The zero-order valence-electron chi connectivity index (χ0n) is 13.2. The molecule has 1 fully saturated rings. The van der Waals surface area contributed by atoms with Gasteiger partial charge >= 0.3 is 0 Å². The second-order valence-electron chi connectivity index (χ2n) is 5.97.